The number of carboxylic acids is 1. The van der Waals surface area contributed by atoms with Gasteiger partial charge in [-0.3, -0.25) is 0 Å². The second-order valence-electron chi connectivity index (χ2n) is 4.06. The van der Waals surface area contributed by atoms with Crippen molar-refractivity contribution in [1.29, 1.82) is 0 Å². The van der Waals surface area contributed by atoms with Crippen molar-refractivity contribution in [2.45, 2.75) is 19.4 Å². The van der Waals surface area contributed by atoms with E-state index in [2.05, 4.69) is 10.3 Å². The van der Waals surface area contributed by atoms with Gasteiger partial charge in [0.1, 0.15) is 5.01 Å². The predicted octanol–water partition coefficient (Wildman–Crippen LogP) is 2.78. The second-order valence-corrected chi connectivity index (χ2v) is 4.95. The van der Waals surface area contributed by atoms with Crippen LogP contribution in [-0.4, -0.2) is 16.1 Å². The first-order valence-electron chi connectivity index (χ1n) is 5.00. The SMILES string of the molecule is CC(C)(Nc1ccc(C(=O)O)o1)c1nccs1. The van der Waals surface area contributed by atoms with E-state index >= 15 is 0 Å². The maximum absolute atomic E-state index is 10.7. The molecule has 0 amide bonds. The van der Waals surface area contributed by atoms with Crippen molar-refractivity contribution in [3.63, 3.8) is 0 Å². The van der Waals surface area contributed by atoms with Gasteiger partial charge in [-0.1, -0.05) is 0 Å². The van der Waals surface area contributed by atoms with E-state index in [4.69, 9.17) is 9.52 Å². The zero-order valence-corrected chi connectivity index (χ0v) is 10.2. The molecule has 0 aromatic carbocycles. The van der Waals surface area contributed by atoms with Gasteiger partial charge in [-0.2, -0.15) is 0 Å². The molecule has 5 nitrogen and oxygen atoms in total. The van der Waals surface area contributed by atoms with Crippen LogP contribution in [0.1, 0.15) is 29.4 Å². The van der Waals surface area contributed by atoms with Gasteiger partial charge in [0.2, 0.25) is 5.76 Å². The summed E-state index contributed by atoms with van der Waals surface area (Å²) in [5.41, 5.74) is -0.401. The Hall–Kier alpha value is -1.82. The summed E-state index contributed by atoms with van der Waals surface area (Å²) < 4.78 is 5.15. The largest absolute Gasteiger partial charge is 0.475 e. The van der Waals surface area contributed by atoms with Crippen LogP contribution in [-0.2, 0) is 5.54 Å². The van der Waals surface area contributed by atoms with Gasteiger partial charge in [-0.15, -0.1) is 11.3 Å². The van der Waals surface area contributed by atoms with Gasteiger partial charge in [0, 0.05) is 17.6 Å². The number of thiazole rings is 1. The fraction of sp³-hybridized carbons (Fsp3) is 0.273. The predicted molar refractivity (Wildman–Crippen MR) is 64.4 cm³/mol. The highest BCUT2D eigenvalue weighted by atomic mass is 32.1. The first kappa shape index (κ1) is 11.7. The Morgan fingerprint density at radius 1 is 1.53 bits per heavy atom. The summed E-state index contributed by atoms with van der Waals surface area (Å²) in [7, 11) is 0. The Morgan fingerprint density at radius 2 is 2.29 bits per heavy atom. The van der Waals surface area contributed by atoms with Crippen LogP contribution < -0.4 is 5.32 Å². The minimum absolute atomic E-state index is 0.0811. The summed E-state index contributed by atoms with van der Waals surface area (Å²) in [4.78, 5) is 14.9. The van der Waals surface area contributed by atoms with E-state index in [1.807, 2.05) is 19.2 Å². The molecule has 0 radical (unpaired) electrons. The summed E-state index contributed by atoms with van der Waals surface area (Å²) >= 11 is 1.53. The zero-order chi connectivity index (χ0) is 12.5. The van der Waals surface area contributed by atoms with E-state index in [1.165, 1.54) is 17.4 Å². The number of furan rings is 1. The van der Waals surface area contributed by atoms with Gasteiger partial charge < -0.3 is 14.8 Å². The lowest BCUT2D eigenvalue weighted by Crippen LogP contribution is -2.27. The number of aromatic nitrogens is 1. The van der Waals surface area contributed by atoms with Gasteiger partial charge in [0.25, 0.3) is 0 Å². The quantitative estimate of drug-likeness (QED) is 0.875. The van der Waals surface area contributed by atoms with Gasteiger partial charge in [-0.25, -0.2) is 9.78 Å². The molecular weight excluding hydrogens is 240 g/mol. The monoisotopic (exact) mass is 252 g/mol. The fourth-order valence-corrected chi connectivity index (χ4v) is 2.13. The van der Waals surface area contributed by atoms with E-state index in [0.29, 0.717) is 5.88 Å². The Labute approximate surface area is 102 Å². The zero-order valence-electron chi connectivity index (χ0n) is 9.43. The molecule has 0 fully saturated rings. The summed E-state index contributed by atoms with van der Waals surface area (Å²) in [5.74, 6) is -0.741. The molecule has 0 spiro atoms. The summed E-state index contributed by atoms with van der Waals surface area (Å²) in [6.45, 7) is 3.91. The molecule has 90 valence electrons. The first-order chi connectivity index (χ1) is 7.99. The second kappa shape index (κ2) is 4.21. The van der Waals surface area contributed by atoms with Crippen molar-refractivity contribution in [1.82, 2.24) is 4.98 Å². The number of nitrogens with one attached hydrogen (secondary N) is 1. The highest BCUT2D eigenvalue weighted by Crippen LogP contribution is 2.27. The van der Waals surface area contributed by atoms with E-state index in [1.54, 1.807) is 12.3 Å². The summed E-state index contributed by atoms with van der Waals surface area (Å²) in [6, 6.07) is 3.02. The van der Waals surface area contributed by atoms with E-state index < -0.39 is 11.5 Å². The van der Waals surface area contributed by atoms with Crippen molar-refractivity contribution < 1.29 is 14.3 Å². The molecule has 0 bridgehead atoms. The van der Waals surface area contributed by atoms with Crippen LogP contribution in [0.15, 0.2) is 28.1 Å². The van der Waals surface area contributed by atoms with Gasteiger partial charge in [0.15, 0.2) is 5.88 Å². The van der Waals surface area contributed by atoms with Crippen molar-refractivity contribution in [3.8, 4) is 0 Å². The molecule has 17 heavy (non-hydrogen) atoms. The molecule has 0 aliphatic carbocycles. The summed E-state index contributed by atoms with van der Waals surface area (Å²) in [6.07, 6.45) is 1.73. The van der Waals surface area contributed by atoms with E-state index in [9.17, 15) is 4.79 Å². The minimum atomic E-state index is -1.08. The molecule has 0 aliphatic rings. The average molecular weight is 252 g/mol. The number of nitrogens with zero attached hydrogens (tertiary/aromatic N) is 1. The maximum Gasteiger partial charge on any atom is 0.371 e. The van der Waals surface area contributed by atoms with Crippen LogP contribution in [0.4, 0.5) is 5.88 Å². The summed E-state index contributed by atoms with van der Waals surface area (Å²) in [5, 5.41) is 14.7. The Kier molecular flexibility index (Phi) is 2.89. The third-order valence-electron chi connectivity index (χ3n) is 2.22. The highest BCUT2D eigenvalue weighted by Gasteiger charge is 2.24. The Balaban J connectivity index is 2.17. The van der Waals surface area contributed by atoms with Gasteiger partial charge in [0.05, 0.1) is 5.54 Å². The van der Waals surface area contributed by atoms with E-state index in [0.717, 1.165) is 5.01 Å². The molecule has 6 heteroatoms. The number of anilines is 1. The first-order valence-corrected chi connectivity index (χ1v) is 5.88. The number of rotatable bonds is 4. The van der Waals surface area contributed by atoms with Crippen molar-refractivity contribution >= 4 is 23.2 Å². The third kappa shape index (κ3) is 2.47. The fourth-order valence-electron chi connectivity index (χ4n) is 1.41. The molecule has 2 aromatic rings. The molecule has 2 aromatic heterocycles. The van der Waals surface area contributed by atoms with Crippen molar-refractivity contribution in [2.75, 3.05) is 5.32 Å². The molecule has 0 aliphatic heterocycles. The van der Waals surface area contributed by atoms with Crippen LogP contribution in [0.25, 0.3) is 0 Å². The van der Waals surface area contributed by atoms with Gasteiger partial charge in [-0.05, 0) is 19.9 Å². The minimum Gasteiger partial charge on any atom is -0.475 e. The molecule has 0 saturated carbocycles. The topological polar surface area (TPSA) is 75.4 Å². The molecule has 2 heterocycles. The maximum atomic E-state index is 10.7. The molecule has 2 N–H and O–H groups in total. The standard InChI is InChI=1S/C11H12N2O3S/c1-11(2,10-12-5-6-17-10)13-8-4-3-7(16-8)9(14)15/h3-6,13H,1-2H3,(H,14,15). The number of carbonyl (C=O) groups is 1. The number of hydrogen-bond donors (Lipinski definition) is 2. The van der Waals surface area contributed by atoms with Crippen LogP contribution in [0.3, 0.4) is 0 Å². The van der Waals surface area contributed by atoms with Gasteiger partial charge >= 0.3 is 5.97 Å². The molecule has 0 atom stereocenters. The molecule has 0 unspecified atom stereocenters. The Morgan fingerprint density at radius 3 is 2.82 bits per heavy atom. The van der Waals surface area contributed by atoms with E-state index in [-0.39, 0.29) is 5.76 Å². The Bertz CT molecular complexity index is 517. The van der Waals surface area contributed by atoms with Crippen molar-refractivity contribution in [2.24, 2.45) is 0 Å². The third-order valence-corrected chi connectivity index (χ3v) is 3.32. The molecular formula is C11H12N2O3S. The van der Waals surface area contributed by atoms with Crippen LogP contribution in [0.5, 0.6) is 0 Å². The highest BCUT2D eigenvalue weighted by molar-refractivity contribution is 7.09. The number of hydrogen-bond acceptors (Lipinski definition) is 5. The average Bonchev–Trinajstić information content (AvgIpc) is 2.85. The molecule has 0 saturated heterocycles. The normalized spacial score (nSPS) is 11.4. The smallest absolute Gasteiger partial charge is 0.371 e. The lowest BCUT2D eigenvalue weighted by molar-refractivity contribution is 0.0663. The van der Waals surface area contributed by atoms with Crippen LogP contribution in [0, 0.1) is 0 Å². The number of aromatic carboxylic acids is 1. The molecule has 2 rings (SSSR count). The number of carboxylic acid groups (broad SMARTS) is 1. The van der Waals surface area contributed by atoms with Crippen LogP contribution in [0.2, 0.25) is 0 Å². The lowest BCUT2D eigenvalue weighted by Gasteiger charge is -2.23. The van der Waals surface area contributed by atoms with Crippen LogP contribution >= 0.6 is 11.3 Å². The lowest BCUT2D eigenvalue weighted by atomic mass is 10.1. The van der Waals surface area contributed by atoms with Crippen molar-refractivity contribution in [3.05, 3.63) is 34.5 Å².